The Bertz CT molecular complexity index is 1450. The Kier molecular flexibility index (Phi) is 8.78. The van der Waals surface area contributed by atoms with Crippen LogP contribution in [0.3, 0.4) is 0 Å². The van der Waals surface area contributed by atoms with Crippen molar-refractivity contribution in [3.05, 3.63) is 53.8 Å². The molecule has 1 atom stereocenters. The normalized spacial score (nSPS) is 13.6. The molecule has 3 aromatic rings. The first-order valence-electron chi connectivity index (χ1n) is 12.0. The van der Waals surface area contributed by atoms with Gasteiger partial charge in [0.1, 0.15) is 12.4 Å². The number of alkyl halides is 6. The van der Waals surface area contributed by atoms with Crippen LogP contribution < -0.4 is 5.73 Å². The molecule has 10 nitrogen and oxygen atoms in total. The smallest absolute Gasteiger partial charge is 0.387 e. The third-order valence-corrected chi connectivity index (χ3v) is 6.38. The van der Waals surface area contributed by atoms with Crippen molar-refractivity contribution in [3.8, 4) is 11.1 Å². The first-order chi connectivity index (χ1) is 19.0. The van der Waals surface area contributed by atoms with Gasteiger partial charge in [-0.25, -0.2) is 4.98 Å². The summed E-state index contributed by atoms with van der Waals surface area (Å²) in [5, 5.41) is 22.9. The topological polar surface area (TPSA) is 147 Å². The molecule has 0 bridgehead atoms. The van der Waals surface area contributed by atoms with E-state index in [1.54, 1.807) is 19.9 Å². The molecule has 0 aliphatic carbocycles. The molecular weight excluding hydrogens is 562 g/mol. The molecule has 3 heterocycles. The number of nitrogen functional groups attached to an aromatic ring is 1. The number of hydrogen-bond donors (Lipinski definition) is 3. The van der Waals surface area contributed by atoms with Gasteiger partial charge in [-0.05, 0) is 39.7 Å². The third-order valence-electron chi connectivity index (χ3n) is 6.38. The molecule has 41 heavy (non-hydrogen) atoms. The number of carbonyl (C=O) groups is 2. The molecule has 1 amide bonds. The van der Waals surface area contributed by atoms with Crippen LogP contribution in [-0.2, 0) is 16.8 Å². The van der Waals surface area contributed by atoms with Crippen LogP contribution in [0.15, 0.2) is 36.8 Å². The zero-order valence-corrected chi connectivity index (χ0v) is 22.0. The summed E-state index contributed by atoms with van der Waals surface area (Å²) < 4.78 is 80.5. The lowest BCUT2D eigenvalue weighted by Gasteiger charge is -2.31. The van der Waals surface area contributed by atoms with E-state index in [0.717, 1.165) is 10.6 Å². The number of fused-ring (bicyclic) bond motifs is 1. The van der Waals surface area contributed by atoms with Crippen molar-refractivity contribution in [2.24, 2.45) is 0 Å². The van der Waals surface area contributed by atoms with Crippen LogP contribution in [0.5, 0.6) is 0 Å². The van der Waals surface area contributed by atoms with Crippen molar-refractivity contribution in [3.63, 3.8) is 0 Å². The number of amides is 1. The fourth-order valence-corrected chi connectivity index (χ4v) is 4.25. The lowest BCUT2D eigenvalue weighted by molar-refractivity contribution is -0.377. The van der Waals surface area contributed by atoms with E-state index in [1.165, 1.54) is 24.2 Å². The highest BCUT2D eigenvalue weighted by atomic mass is 19.4. The molecule has 0 saturated heterocycles. The second-order valence-electron chi connectivity index (χ2n) is 9.14. The molecule has 0 spiro atoms. The second kappa shape index (κ2) is 11.4. The summed E-state index contributed by atoms with van der Waals surface area (Å²) in [6.07, 6.45) is -6.82. The maximum absolute atomic E-state index is 13.2. The molecule has 3 aromatic heterocycles. The van der Waals surface area contributed by atoms with E-state index in [0.29, 0.717) is 12.3 Å². The molecule has 0 aliphatic rings. The number of aliphatic hydroxyl groups is 2. The van der Waals surface area contributed by atoms with Gasteiger partial charge in [0.25, 0.3) is 11.5 Å². The van der Waals surface area contributed by atoms with Gasteiger partial charge in [0.15, 0.2) is 11.4 Å². The molecule has 0 aliphatic heterocycles. The van der Waals surface area contributed by atoms with Crippen LogP contribution in [0.25, 0.3) is 16.8 Å². The number of nitrogens with zero attached hydrogens (tertiary/aromatic N) is 5. The minimum Gasteiger partial charge on any atom is -0.387 e. The van der Waals surface area contributed by atoms with Crippen molar-refractivity contribution in [1.29, 1.82) is 0 Å². The lowest BCUT2D eigenvalue weighted by Crippen LogP contribution is -2.54. The number of hydrogen-bond acceptors (Lipinski definition) is 8. The molecule has 222 valence electrons. The number of carbonyl (C=O) groups excluding carboxylic acids is 2. The number of aliphatic hydroxyl groups excluding tert-OH is 1. The van der Waals surface area contributed by atoms with E-state index in [1.807, 2.05) is 0 Å². The predicted octanol–water partition coefficient (Wildman–Crippen LogP) is 3.56. The summed E-state index contributed by atoms with van der Waals surface area (Å²) in [6.45, 7) is 3.93. The fourth-order valence-electron chi connectivity index (χ4n) is 4.25. The van der Waals surface area contributed by atoms with Crippen LogP contribution in [-0.4, -0.2) is 71.4 Å². The Morgan fingerprint density at radius 2 is 1.78 bits per heavy atom. The van der Waals surface area contributed by atoms with E-state index in [-0.39, 0.29) is 46.7 Å². The van der Waals surface area contributed by atoms with E-state index in [2.05, 4.69) is 15.1 Å². The van der Waals surface area contributed by atoms with Crippen molar-refractivity contribution in [2.75, 3.05) is 12.3 Å². The van der Waals surface area contributed by atoms with Crippen molar-refractivity contribution < 1.29 is 46.1 Å². The van der Waals surface area contributed by atoms with Gasteiger partial charge in [-0.3, -0.25) is 14.6 Å². The van der Waals surface area contributed by atoms with E-state index in [4.69, 9.17) is 5.73 Å². The predicted molar refractivity (Wildman–Crippen MR) is 133 cm³/mol. The van der Waals surface area contributed by atoms with E-state index < -0.39 is 48.0 Å². The Labute approximate surface area is 229 Å². The van der Waals surface area contributed by atoms with E-state index >= 15 is 0 Å². The highest BCUT2D eigenvalue weighted by Crippen LogP contribution is 2.49. The Hall–Kier alpha value is -4.05. The number of anilines is 1. The van der Waals surface area contributed by atoms with Gasteiger partial charge in [-0.2, -0.15) is 36.0 Å². The molecule has 0 saturated carbocycles. The molecule has 0 aromatic carbocycles. The monoisotopic (exact) mass is 588 g/mol. The van der Waals surface area contributed by atoms with Crippen LogP contribution in [0.1, 0.15) is 48.9 Å². The Morgan fingerprint density at radius 1 is 1.15 bits per heavy atom. The maximum atomic E-state index is 13.2. The summed E-state index contributed by atoms with van der Waals surface area (Å²) >= 11 is 0. The number of aryl methyl sites for hydroxylation is 1. The van der Waals surface area contributed by atoms with Crippen LogP contribution in [0.2, 0.25) is 0 Å². The second-order valence-corrected chi connectivity index (χ2v) is 9.14. The average molecular weight is 589 g/mol. The number of halogens is 6. The number of pyridine rings is 1. The van der Waals surface area contributed by atoms with Gasteiger partial charge in [-0.1, -0.05) is 12.1 Å². The standard InChI is InChI=1S/C25H26F6N6O4/c1-4-9-36(19(40)12-38)13(2)5-7-17-20(14(3)39)21(32)37-22(35-17)16(11-34-37)15-6-8-18(33-10-15)23(41,24(26,27)28)25(29,30)31/h4,6,8-11,13,38,41H,5,7,12,32H2,1-3H3/b9-4-/t13-/m1/s1. The highest BCUT2D eigenvalue weighted by molar-refractivity contribution is 6.00. The molecule has 0 unspecified atom stereocenters. The van der Waals surface area contributed by atoms with Gasteiger partial charge in [-0.15, -0.1) is 0 Å². The number of Topliss-reactive ketones (excluding diaryl/α,β-unsaturated/α-hetero) is 1. The molecule has 0 fully saturated rings. The van der Waals surface area contributed by atoms with E-state index in [9.17, 15) is 46.1 Å². The average Bonchev–Trinajstić information content (AvgIpc) is 3.32. The third kappa shape index (κ3) is 5.74. The number of aromatic nitrogens is 4. The molecule has 4 N–H and O–H groups in total. The van der Waals surface area contributed by atoms with Crippen LogP contribution >= 0.6 is 0 Å². The van der Waals surface area contributed by atoms with Crippen molar-refractivity contribution in [2.45, 2.75) is 57.6 Å². The quantitative estimate of drug-likeness (QED) is 0.254. The molecule has 16 heteroatoms. The molecule has 0 radical (unpaired) electrons. The van der Waals surface area contributed by atoms with Gasteiger partial charge in [0.05, 0.1) is 23.1 Å². The van der Waals surface area contributed by atoms with Gasteiger partial charge in [0, 0.05) is 29.6 Å². The number of nitrogens with two attached hydrogens (primary N) is 1. The number of rotatable bonds is 9. The molecular formula is C25H26F6N6O4. The summed E-state index contributed by atoms with van der Waals surface area (Å²) in [6, 6.07) is 0.839. The van der Waals surface area contributed by atoms with Gasteiger partial charge < -0.3 is 20.8 Å². The summed E-state index contributed by atoms with van der Waals surface area (Å²) in [7, 11) is 0. The van der Waals surface area contributed by atoms with Crippen molar-refractivity contribution in [1.82, 2.24) is 24.5 Å². The Morgan fingerprint density at radius 3 is 2.27 bits per heavy atom. The summed E-state index contributed by atoms with van der Waals surface area (Å²) in [5.74, 6) is -1.11. The largest absolute Gasteiger partial charge is 0.432 e. The lowest BCUT2D eigenvalue weighted by atomic mass is 9.96. The number of ketones is 1. The van der Waals surface area contributed by atoms with Crippen molar-refractivity contribution >= 4 is 23.2 Å². The number of allylic oxidation sites excluding steroid dienone is 1. The minimum atomic E-state index is -6.10. The van der Waals surface area contributed by atoms with Crippen LogP contribution in [0.4, 0.5) is 32.2 Å². The first-order valence-corrected chi connectivity index (χ1v) is 12.0. The first kappa shape index (κ1) is 31.5. The fraction of sp³-hybridized carbons (Fsp3) is 0.400. The zero-order chi connectivity index (χ0) is 30.9. The minimum absolute atomic E-state index is 0.00467. The molecule has 3 rings (SSSR count). The SMILES string of the molecule is C/C=C\N(C(=O)CO)[C@H](C)CCc1nc2c(-c3ccc(C(O)(C(F)(F)F)C(F)(F)F)nc3)cnn2c(N)c1C(C)=O. The summed E-state index contributed by atoms with van der Waals surface area (Å²) in [5.41, 5.74) is -0.263. The van der Waals surface area contributed by atoms with Gasteiger partial charge >= 0.3 is 12.4 Å². The highest BCUT2D eigenvalue weighted by Gasteiger charge is 2.72. The summed E-state index contributed by atoms with van der Waals surface area (Å²) in [4.78, 5) is 33.6. The Balaban J connectivity index is 2.07. The van der Waals surface area contributed by atoms with Gasteiger partial charge in [0.2, 0.25) is 0 Å². The van der Waals surface area contributed by atoms with Crippen LogP contribution in [0, 0.1) is 0 Å². The maximum Gasteiger partial charge on any atom is 0.432 e. The zero-order valence-electron chi connectivity index (χ0n) is 22.0.